The fourth-order valence-electron chi connectivity index (χ4n) is 1.82. The number of carbonyl (C=O) groups excluding carboxylic acids is 1. The summed E-state index contributed by atoms with van der Waals surface area (Å²) in [5.41, 5.74) is 2.87. The summed E-state index contributed by atoms with van der Waals surface area (Å²) in [5, 5.41) is 0. The van der Waals surface area contributed by atoms with E-state index >= 15 is 0 Å². The molecule has 0 saturated heterocycles. The van der Waals surface area contributed by atoms with Crippen LogP contribution in [0.5, 0.6) is 0 Å². The van der Waals surface area contributed by atoms with Crippen LogP contribution in [0.25, 0.3) is 11.0 Å². The summed E-state index contributed by atoms with van der Waals surface area (Å²) in [6.45, 7) is 0. The van der Waals surface area contributed by atoms with E-state index in [4.69, 9.17) is 0 Å². The average molecular weight is 244 g/mol. The molecule has 0 aliphatic heterocycles. The monoisotopic (exact) mass is 244 g/mol. The first-order chi connectivity index (χ1) is 8.79. The summed E-state index contributed by atoms with van der Waals surface area (Å²) < 4.78 is 4.60. The van der Waals surface area contributed by atoms with E-state index in [1.54, 1.807) is 6.20 Å². The van der Waals surface area contributed by atoms with Gasteiger partial charge in [-0.3, -0.25) is 14.8 Å². The minimum Gasteiger partial charge on any atom is -0.469 e. The van der Waals surface area contributed by atoms with Crippen molar-refractivity contribution < 1.29 is 9.53 Å². The van der Waals surface area contributed by atoms with Gasteiger partial charge >= 0.3 is 5.97 Å². The van der Waals surface area contributed by atoms with Crippen molar-refractivity contribution in [1.29, 1.82) is 0 Å². The van der Waals surface area contributed by atoms with Gasteiger partial charge in [-0.2, -0.15) is 0 Å². The van der Waals surface area contributed by atoms with E-state index in [1.165, 1.54) is 7.11 Å². The summed E-state index contributed by atoms with van der Waals surface area (Å²) in [6.07, 6.45) is 4.89. The number of hydrogen-bond donors (Lipinski definition) is 0. The molecule has 0 bridgehead atoms. The third-order valence-corrected chi connectivity index (χ3v) is 2.81. The third kappa shape index (κ3) is 3.26. The zero-order chi connectivity index (χ0) is 12.8. The van der Waals surface area contributed by atoms with Gasteiger partial charge < -0.3 is 4.74 Å². The molecule has 18 heavy (non-hydrogen) atoms. The maximum absolute atomic E-state index is 11.0. The van der Waals surface area contributed by atoms with Crippen molar-refractivity contribution in [3.63, 3.8) is 0 Å². The van der Waals surface area contributed by atoms with Gasteiger partial charge in [-0.25, -0.2) is 0 Å². The Morgan fingerprint density at radius 1 is 1.22 bits per heavy atom. The van der Waals surface area contributed by atoms with Gasteiger partial charge in [0, 0.05) is 18.3 Å². The molecule has 94 valence electrons. The second kappa shape index (κ2) is 6.10. The van der Waals surface area contributed by atoms with Gasteiger partial charge in [0.2, 0.25) is 0 Å². The van der Waals surface area contributed by atoms with Crippen molar-refractivity contribution in [3.8, 4) is 0 Å². The van der Waals surface area contributed by atoms with Crippen molar-refractivity contribution in [2.45, 2.75) is 25.7 Å². The lowest BCUT2D eigenvalue weighted by molar-refractivity contribution is -0.140. The highest BCUT2D eigenvalue weighted by Gasteiger charge is 2.02. The van der Waals surface area contributed by atoms with Crippen LogP contribution in [0.2, 0.25) is 0 Å². The minimum atomic E-state index is -0.148. The van der Waals surface area contributed by atoms with Crippen LogP contribution < -0.4 is 0 Å². The quantitative estimate of drug-likeness (QED) is 0.599. The van der Waals surface area contributed by atoms with Gasteiger partial charge in [0.05, 0.1) is 18.1 Å². The molecule has 0 N–H and O–H groups in total. The largest absolute Gasteiger partial charge is 0.469 e. The van der Waals surface area contributed by atoms with Crippen LogP contribution in [-0.4, -0.2) is 23.0 Å². The number of nitrogens with zero attached hydrogens (tertiary/aromatic N) is 2. The molecule has 2 aromatic rings. The molecule has 0 aromatic carbocycles. The normalized spacial score (nSPS) is 10.5. The molecule has 0 atom stereocenters. The van der Waals surface area contributed by atoms with Gasteiger partial charge in [0.1, 0.15) is 0 Å². The fourth-order valence-corrected chi connectivity index (χ4v) is 1.82. The molecule has 0 fully saturated rings. The zero-order valence-corrected chi connectivity index (χ0v) is 10.4. The van der Waals surface area contributed by atoms with Crippen LogP contribution in [-0.2, 0) is 16.0 Å². The SMILES string of the molecule is COC(=O)CCCCc1ccc2ncccc2n1. The highest BCUT2D eigenvalue weighted by Crippen LogP contribution is 2.11. The summed E-state index contributed by atoms with van der Waals surface area (Å²) in [7, 11) is 1.42. The number of hydrogen-bond acceptors (Lipinski definition) is 4. The fraction of sp³-hybridized carbons (Fsp3) is 0.357. The maximum atomic E-state index is 11.0. The molecule has 0 amide bonds. The molecule has 2 rings (SSSR count). The van der Waals surface area contributed by atoms with Crippen LogP contribution in [0.4, 0.5) is 0 Å². The Bertz CT molecular complexity index is 540. The first-order valence-electron chi connectivity index (χ1n) is 6.07. The zero-order valence-electron chi connectivity index (χ0n) is 10.4. The van der Waals surface area contributed by atoms with Gasteiger partial charge in [0.15, 0.2) is 0 Å². The Balaban J connectivity index is 1.90. The van der Waals surface area contributed by atoms with Crippen molar-refractivity contribution in [3.05, 3.63) is 36.2 Å². The molecule has 0 unspecified atom stereocenters. The number of unbranched alkanes of at least 4 members (excludes halogenated alkanes) is 1. The first-order valence-corrected chi connectivity index (χ1v) is 6.07. The summed E-state index contributed by atoms with van der Waals surface area (Å²) >= 11 is 0. The molecule has 0 aliphatic rings. The van der Waals surface area contributed by atoms with Crippen molar-refractivity contribution in [1.82, 2.24) is 9.97 Å². The predicted molar refractivity (Wildman–Crippen MR) is 69.1 cm³/mol. The Kier molecular flexibility index (Phi) is 4.23. The van der Waals surface area contributed by atoms with E-state index in [9.17, 15) is 4.79 Å². The Labute approximate surface area is 106 Å². The van der Waals surface area contributed by atoms with Crippen LogP contribution in [0.15, 0.2) is 30.5 Å². The van der Waals surface area contributed by atoms with E-state index in [1.807, 2.05) is 24.3 Å². The lowest BCUT2D eigenvalue weighted by atomic mass is 10.1. The van der Waals surface area contributed by atoms with E-state index in [-0.39, 0.29) is 5.97 Å². The number of fused-ring (bicyclic) bond motifs is 1. The van der Waals surface area contributed by atoms with Crippen LogP contribution >= 0.6 is 0 Å². The van der Waals surface area contributed by atoms with Crippen LogP contribution in [0.1, 0.15) is 25.0 Å². The number of pyridine rings is 2. The van der Waals surface area contributed by atoms with Crippen LogP contribution in [0.3, 0.4) is 0 Å². The molecule has 2 aromatic heterocycles. The summed E-state index contributed by atoms with van der Waals surface area (Å²) in [5.74, 6) is -0.148. The molecule has 0 spiro atoms. The second-order valence-corrected chi connectivity index (χ2v) is 4.13. The molecular formula is C14H16N2O2. The van der Waals surface area contributed by atoms with E-state index in [2.05, 4.69) is 14.7 Å². The van der Waals surface area contributed by atoms with E-state index in [0.717, 1.165) is 36.0 Å². The van der Waals surface area contributed by atoms with E-state index < -0.39 is 0 Å². The molecule has 0 saturated carbocycles. The number of ether oxygens (including phenoxy) is 1. The predicted octanol–water partition coefficient (Wildman–Crippen LogP) is 2.52. The van der Waals surface area contributed by atoms with E-state index in [0.29, 0.717) is 6.42 Å². The Morgan fingerprint density at radius 2 is 2.11 bits per heavy atom. The lowest BCUT2D eigenvalue weighted by Crippen LogP contribution is -2.00. The second-order valence-electron chi connectivity index (χ2n) is 4.13. The first kappa shape index (κ1) is 12.5. The average Bonchev–Trinajstić information content (AvgIpc) is 2.43. The smallest absolute Gasteiger partial charge is 0.305 e. The lowest BCUT2D eigenvalue weighted by Gasteiger charge is -2.02. The summed E-state index contributed by atoms with van der Waals surface area (Å²) in [4.78, 5) is 19.7. The number of methoxy groups -OCH3 is 1. The topological polar surface area (TPSA) is 52.1 Å². The Hall–Kier alpha value is -1.97. The number of esters is 1. The highest BCUT2D eigenvalue weighted by atomic mass is 16.5. The van der Waals surface area contributed by atoms with Gasteiger partial charge in [-0.15, -0.1) is 0 Å². The highest BCUT2D eigenvalue weighted by molar-refractivity contribution is 5.73. The number of aromatic nitrogens is 2. The molecular weight excluding hydrogens is 228 g/mol. The molecule has 0 radical (unpaired) electrons. The number of carbonyl (C=O) groups is 1. The summed E-state index contributed by atoms with van der Waals surface area (Å²) in [6, 6.07) is 7.82. The van der Waals surface area contributed by atoms with Crippen molar-refractivity contribution >= 4 is 17.0 Å². The minimum absolute atomic E-state index is 0.148. The maximum Gasteiger partial charge on any atom is 0.305 e. The van der Waals surface area contributed by atoms with Crippen LogP contribution in [0, 0.1) is 0 Å². The van der Waals surface area contributed by atoms with Crippen molar-refractivity contribution in [2.75, 3.05) is 7.11 Å². The Morgan fingerprint density at radius 3 is 2.94 bits per heavy atom. The molecule has 4 nitrogen and oxygen atoms in total. The van der Waals surface area contributed by atoms with Gasteiger partial charge in [0.25, 0.3) is 0 Å². The molecule has 0 aliphatic carbocycles. The van der Waals surface area contributed by atoms with Gasteiger partial charge in [-0.1, -0.05) is 0 Å². The molecule has 4 heteroatoms. The number of rotatable bonds is 5. The van der Waals surface area contributed by atoms with Crippen molar-refractivity contribution in [2.24, 2.45) is 0 Å². The third-order valence-electron chi connectivity index (χ3n) is 2.81. The number of aryl methyl sites for hydroxylation is 1. The molecule has 2 heterocycles. The van der Waals surface area contributed by atoms with Gasteiger partial charge in [-0.05, 0) is 43.5 Å². The standard InChI is InChI=1S/C14H16N2O2/c1-18-14(17)7-3-2-5-11-8-9-12-13(16-11)6-4-10-15-12/h4,6,8-10H,2-3,5,7H2,1H3.